The van der Waals surface area contributed by atoms with E-state index in [1.54, 1.807) is 4.90 Å². The molecule has 0 radical (unpaired) electrons. The molecule has 2 saturated heterocycles. The molecule has 1 saturated carbocycles. The SMILES string of the molecule is O=C(N[C@H]1CCCCC[C@H]1C(=O)O)C1CCCN(C(=O)N2CCCC2)C1. The molecule has 7 nitrogen and oxygen atoms in total. The first-order chi connectivity index (χ1) is 12.6. The van der Waals surface area contributed by atoms with E-state index in [1.165, 1.54) is 0 Å². The van der Waals surface area contributed by atoms with E-state index in [2.05, 4.69) is 5.32 Å². The Morgan fingerprint density at radius 2 is 1.50 bits per heavy atom. The van der Waals surface area contributed by atoms with Crippen molar-refractivity contribution < 1.29 is 19.5 Å². The third-order valence-corrected chi connectivity index (χ3v) is 6.10. The smallest absolute Gasteiger partial charge is 0.320 e. The highest BCUT2D eigenvalue weighted by Gasteiger charge is 2.35. The molecule has 7 heteroatoms. The third-order valence-electron chi connectivity index (χ3n) is 6.10. The van der Waals surface area contributed by atoms with Crippen molar-refractivity contribution in [1.82, 2.24) is 15.1 Å². The van der Waals surface area contributed by atoms with E-state index in [-0.39, 0.29) is 23.9 Å². The predicted molar refractivity (Wildman–Crippen MR) is 96.6 cm³/mol. The van der Waals surface area contributed by atoms with Crippen LogP contribution in [-0.2, 0) is 9.59 Å². The number of carbonyl (C=O) groups is 3. The number of rotatable bonds is 3. The standard InChI is InChI=1S/C19H31N3O4/c23-17(20-16-9-3-1-2-8-15(16)18(24)25)14-7-6-12-22(13-14)19(26)21-10-4-5-11-21/h14-16H,1-13H2,(H,20,23)(H,24,25)/t14?,15-,16+/m1/s1. The van der Waals surface area contributed by atoms with Crippen molar-refractivity contribution >= 4 is 17.9 Å². The monoisotopic (exact) mass is 365 g/mol. The maximum absolute atomic E-state index is 12.8. The van der Waals surface area contributed by atoms with Gasteiger partial charge in [0.25, 0.3) is 0 Å². The van der Waals surface area contributed by atoms with Gasteiger partial charge in [-0.25, -0.2) is 4.79 Å². The van der Waals surface area contributed by atoms with Gasteiger partial charge in [-0.15, -0.1) is 0 Å². The molecule has 0 aromatic rings. The summed E-state index contributed by atoms with van der Waals surface area (Å²) in [5.74, 6) is -1.62. The Bertz CT molecular complexity index is 533. The highest BCUT2D eigenvalue weighted by Crippen LogP contribution is 2.25. The minimum atomic E-state index is -0.813. The number of likely N-dealkylation sites (tertiary alicyclic amines) is 2. The van der Waals surface area contributed by atoms with Crippen LogP contribution >= 0.6 is 0 Å². The van der Waals surface area contributed by atoms with Gasteiger partial charge in [0.2, 0.25) is 5.91 Å². The minimum Gasteiger partial charge on any atom is -0.481 e. The summed E-state index contributed by atoms with van der Waals surface area (Å²) in [6, 6.07) is -0.231. The van der Waals surface area contributed by atoms with E-state index >= 15 is 0 Å². The van der Waals surface area contributed by atoms with Crippen LogP contribution in [0.25, 0.3) is 0 Å². The Kier molecular flexibility index (Phi) is 6.38. The average Bonchev–Trinajstić information content (AvgIpc) is 3.08. The van der Waals surface area contributed by atoms with Gasteiger partial charge < -0.3 is 20.2 Å². The van der Waals surface area contributed by atoms with Crippen molar-refractivity contribution in [2.24, 2.45) is 11.8 Å². The average molecular weight is 365 g/mol. The summed E-state index contributed by atoms with van der Waals surface area (Å²) < 4.78 is 0. The van der Waals surface area contributed by atoms with Crippen LogP contribution in [0.2, 0.25) is 0 Å². The van der Waals surface area contributed by atoms with E-state index in [1.807, 2.05) is 4.90 Å². The lowest BCUT2D eigenvalue weighted by atomic mass is 9.92. The van der Waals surface area contributed by atoms with Crippen LogP contribution in [0.1, 0.15) is 57.8 Å². The third kappa shape index (κ3) is 4.48. The summed E-state index contributed by atoms with van der Waals surface area (Å²) in [5.41, 5.74) is 0. The van der Waals surface area contributed by atoms with Crippen molar-refractivity contribution in [2.75, 3.05) is 26.2 Å². The second-order valence-corrected chi connectivity index (χ2v) is 7.96. The molecule has 26 heavy (non-hydrogen) atoms. The van der Waals surface area contributed by atoms with Crippen molar-refractivity contribution in [1.29, 1.82) is 0 Å². The zero-order valence-corrected chi connectivity index (χ0v) is 15.5. The number of hydrogen-bond donors (Lipinski definition) is 2. The number of carboxylic acids is 1. The van der Waals surface area contributed by atoms with Crippen molar-refractivity contribution in [3.63, 3.8) is 0 Å². The zero-order valence-electron chi connectivity index (χ0n) is 15.5. The van der Waals surface area contributed by atoms with Gasteiger partial charge in [-0.05, 0) is 38.5 Å². The number of carbonyl (C=O) groups excluding carboxylic acids is 2. The fourth-order valence-electron chi connectivity index (χ4n) is 4.55. The van der Waals surface area contributed by atoms with E-state index in [0.717, 1.165) is 64.5 Å². The second-order valence-electron chi connectivity index (χ2n) is 7.96. The summed E-state index contributed by atoms with van der Waals surface area (Å²) in [6.45, 7) is 2.79. The van der Waals surface area contributed by atoms with Crippen molar-refractivity contribution in [3.05, 3.63) is 0 Å². The van der Waals surface area contributed by atoms with Gasteiger partial charge in [0.1, 0.15) is 0 Å². The fourth-order valence-corrected chi connectivity index (χ4v) is 4.55. The van der Waals surface area contributed by atoms with E-state index < -0.39 is 11.9 Å². The number of aliphatic carboxylic acids is 1. The number of nitrogens with one attached hydrogen (secondary N) is 1. The van der Waals surface area contributed by atoms with Crippen molar-refractivity contribution in [3.8, 4) is 0 Å². The molecule has 3 aliphatic rings. The molecule has 0 bridgehead atoms. The normalized spacial score (nSPS) is 29.9. The largest absolute Gasteiger partial charge is 0.481 e. The van der Waals surface area contributed by atoms with E-state index in [9.17, 15) is 19.5 Å². The van der Waals surface area contributed by atoms with Crippen LogP contribution in [0.3, 0.4) is 0 Å². The summed E-state index contributed by atoms with van der Waals surface area (Å²) in [6.07, 6.45) is 7.95. The van der Waals surface area contributed by atoms with Crippen LogP contribution in [0, 0.1) is 11.8 Å². The second kappa shape index (κ2) is 8.73. The lowest BCUT2D eigenvalue weighted by Crippen LogP contribution is -2.52. The number of amides is 3. The molecule has 146 valence electrons. The molecular weight excluding hydrogens is 334 g/mol. The van der Waals surface area contributed by atoms with Gasteiger partial charge in [-0.3, -0.25) is 9.59 Å². The molecule has 0 aromatic heterocycles. The Labute approximate surface area is 155 Å². The summed E-state index contributed by atoms with van der Waals surface area (Å²) in [4.78, 5) is 40.6. The van der Waals surface area contributed by atoms with Crippen LogP contribution in [0.4, 0.5) is 4.79 Å². The van der Waals surface area contributed by atoms with Gasteiger partial charge in [-0.1, -0.05) is 19.3 Å². The Hall–Kier alpha value is -1.79. The maximum atomic E-state index is 12.8. The van der Waals surface area contributed by atoms with Gasteiger partial charge in [0.15, 0.2) is 0 Å². The van der Waals surface area contributed by atoms with Gasteiger partial charge >= 0.3 is 12.0 Å². The minimum absolute atomic E-state index is 0.0536. The van der Waals surface area contributed by atoms with E-state index in [4.69, 9.17) is 0 Å². The molecule has 1 unspecified atom stereocenters. The summed E-state index contributed by atoms with van der Waals surface area (Å²) in [7, 11) is 0. The highest BCUT2D eigenvalue weighted by atomic mass is 16.4. The lowest BCUT2D eigenvalue weighted by molar-refractivity contribution is -0.143. The molecular formula is C19H31N3O4. The number of hydrogen-bond acceptors (Lipinski definition) is 3. The molecule has 3 fully saturated rings. The quantitative estimate of drug-likeness (QED) is 0.749. The first-order valence-corrected chi connectivity index (χ1v) is 10.1. The Morgan fingerprint density at radius 1 is 0.808 bits per heavy atom. The zero-order chi connectivity index (χ0) is 18.5. The summed E-state index contributed by atoms with van der Waals surface area (Å²) >= 11 is 0. The molecule has 3 amide bonds. The summed E-state index contributed by atoms with van der Waals surface area (Å²) in [5, 5.41) is 12.5. The van der Waals surface area contributed by atoms with Gasteiger partial charge in [0, 0.05) is 32.2 Å². The molecule has 2 heterocycles. The first kappa shape index (κ1) is 19.0. The number of nitrogens with zero attached hydrogens (tertiary/aromatic N) is 2. The molecule has 3 atom stereocenters. The molecule has 1 aliphatic carbocycles. The molecule has 2 aliphatic heterocycles. The van der Waals surface area contributed by atoms with Crippen molar-refractivity contribution in [2.45, 2.75) is 63.8 Å². The van der Waals surface area contributed by atoms with Crippen LogP contribution in [-0.4, -0.2) is 65.0 Å². The highest BCUT2D eigenvalue weighted by molar-refractivity contribution is 5.82. The van der Waals surface area contributed by atoms with E-state index in [0.29, 0.717) is 19.5 Å². The molecule has 0 aromatic carbocycles. The number of carboxylic acid groups (broad SMARTS) is 1. The Morgan fingerprint density at radius 3 is 2.23 bits per heavy atom. The maximum Gasteiger partial charge on any atom is 0.320 e. The molecule has 3 rings (SSSR count). The molecule has 2 N–H and O–H groups in total. The molecule has 0 spiro atoms. The predicted octanol–water partition coefficient (Wildman–Crippen LogP) is 2.06. The van der Waals surface area contributed by atoms with Crippen LogP contribution < -0.4 is 5.32 Å². The van der Waals surface area contributed by atoms with Crippen LogP contribution in [0.15, 0.2) is 0 Å². The number of urea groups is 1. The number of piperidine rings is 1. The fraction of sp³-hybridized carbons (Fsp3) is 0.842. The lowest BCUT2D eigenvalue weighted by Gasteiger charge is -2.35. The first-order valence-electron chi connectivity index (χ1n) is 10.1. The Balaban J connectivity index is 1.57. The van der Waals surface area contributed by atoms with Crippen LogP contribution in [0.5, 0.6) is 0 Å². The van der Waals surface area contributed by atoms with Gasteiger partial charge in [0.05, 0.1) is 11.8 Å². The van der Waals surface area contributed by atoms with Gasteiger partial charge in [-0.2, -0.15) is 0 Å². The topological polar surface area (TPSA) is 90.0 Å².